The number of carbonyl (C=O) groups is 1. The number of nitriles is 2. The highest BCUT2D eigenvalue weighted by Gasteiger charge is 2.27. The second-order valence-electron chi connectivity index (χ2n) is 6.89. The number of alkyl carbamates (subject to hydrolysis) is 1. The maximum atomic E-state index is 11.9. The average Bonchev–Trinajstić information content (AvgIpc) is 3.02. The lowest BCUT2D eigenvalue weighted by Gasteiger charge is -2.23. The van der Waals surface area contributed by atoms with Crippen LogP contribution in [0, 0.1) is 22.7 Å². The molecule has 0 radical (unpaired) electrons. The molecular weight excluding hydrogens is 332 g/mol. The molecule has 1 saturated heterocycles. The lowest BCUT2D eigenvalue weighted by atomic mass is 10.2. The minimum atomic E-state index is -0.532. The van der Waals surface area contributed by atoms with E-state index in [1.807, 2.05) is 45.0 Å². The molecule has 1 aliphatic heterocycles. The van der Waals surface area contributed by atoms with Crippen LogP contribution < -0.4 is 15.6 Å². The molecular formula is C18H22N6O2. The zero-order chi connectivity index (χ0) is 19.2. The molecule has 1 fully saturated rings. The van der Waals surface area contributed by atoms with Crippen molar-refractivity contribution in [3.63, 3.8) is 0 Å². The largest absolute Gasteiger partial charge is 0.444 e. The van der Waals surface area contributed by atoms with Crippen LogP contribution in [0.1, 0.15) is 27.2 Å². The zero-order valence-electron chi connectivity index (χ0n) is 15.1. The van der Waals surface area contributed by atoms with Crippen LogP contribution in [0.5, 0.6) is 0 Å². The number of nitrogens with one attached hydrogen (secondary N) is 2. The topological polar surface area (TPSA) is 114 Å². The molecule has 26 heavy (non-hydrogen) atoms. The molecule has 1 unspecified atom stereocenters. The highest BCUT2D eigenvalue weighted by Crippen LogP contribution is 2.29. The number of hydrogen-bond donors (Lipinski definition) is 2. The van der Waals surface area contributed by atoms with Crippen LogP contribution in [0.2, 0.25) is 0 Å². The molecule has 8 heteroatoms. The van der Waals surface area contributed by atoms with Crippen LogP contribution in [0.4, 0.5) is 16.2 Å². The first kappa shape index (κ1) is 19.1. The van der Waals surface area contributed by atoms with E-state index >= 15 is 0 Å². The second kappa shape index (κ2) is 8.21. The fourth-order valence-corrected chi connectivity index (χ4v) is 2.61. The summed E-state index contributed by atoms with van der Waals surface area (Å²) >= 11 is 0. The van der Waals surface area contributed by atoms with E-state index in [1.165, 1.54) is 0 Å². The van der Waals surface area contributed by atoms with Gasteiger partial charge in [-0.25, -0.2) is 4.79 Å². The summed E-state index contributed by atoms with van der Waals surface area (Å²) < 4.78 is 5.29. The van der Waals surface area contributed by atoms with E-state index in [0.717, 1.165) is 18.7 Å². The molecule has 1 aromatic rings. The Balaban J connectivity index is 2.03. The van der Waals surface area contributed by atoms with Gasteiger partial charge in [-0.05, 0) is 39.3 Å². The van der Waals surface area contributed by atoms with E-state index in [2.05, 4.69) is 20.7 Å². The van der Waals surface area contributed by atoms with Gasteiger partial charge in [-0.3, -0.25) is 5.43 Å². The van der Waals surface area contributed by atoms with Crippen LogP contribution in [-0.2, 0) is 4.74 Å². The van der Waals surface area contributed by atoms with Crippen LogP contribution >= 0.6 is 0 Å². The monoisotopic (exact) mass is 354 g/mol. The fourth-order valence-electron chi connectivity index (χ4n) is 2.61. The molecule has 0 aliphatic carbocycles. The molecule has 1 amide bonds. The fraction of sp³-hybridized carbons (Fsp3) is 0.444. The molecule has 0 spiro atoms. The van der Waals surface area contributed by atoms with Crippen LogP contribution in [0.3, 0.4) is 0 Å². The number of ether oxygens (including phenoxy) is 1. The van der Waals surface area contributed by atoms with Crippen molar-refractivity contribution in [2.45, 2.75) is 38.8 Å². The summed E-state index contributed by atoms with van der Waals surface area (Å²) in [6.45, 7) is 6.86. The Hall–Kier alpha value is -3.26. The van der Waals surface area contributed by atoms with Gasteiger partial charge in [0.15, 0.2) is 0 Å². The highest BCUT2D eigenvalue weighted by atomic mass is 16.6. The lowest BCUT2D eigenvalue weighted by Crippen LogP contribution is -2.40. The highest BCUT2D eigenvalue weighted by molar-refractivity contribution is 6.10. The maximum absolute atomic E-state index is 11.9. The molecule has 2 rings (SSSR count). The first-order valence-electron chi connectivity index (χ1n) is 8.30. The molecule has 1 atom stereocenters. The zero-order valence-corrected chi connectivity index (χ0v) is 15.1. The van der Waals surface area contributed by atoms with Gasteiger partial charge in [0, 0.05) is 13.1 Å². The Labute approximate surface area is 153 Å². The molecule has 1 heterocycles. The van der Waals surface area contributed by atoms with Crippen molar-refractivity contribution in [3.05, 3.63) is 24.3 Å². The van der Waals surface area contributed by atoms with Crippen LogP contribution in [0.25, 0.3) is 0 Å². The molecule has 0 saturated carbocycles. The van der Waals surface area contributed by atoms with E-state index in [-0.39, 0.29) is 11.8 Å². The average molecular weight is 354 g/mol. The Bertz CT molecular complexity index is 753. The summed E-state index contributed by atoms with van der Waals surface area (Å²) in [6.07, 6.45) is 0.367. The van der Waals surface area contributed by atoms with Crippen molar-refractivity contribution in [1.82, 2.24) is 5.32 Å². The Morgan fingerprint density at radius 3 is 2.65 bits per heavy atom. The van der Waals surface area contributed by atoms with E-state index < -0.39 is 11.7 Å². The van der Waals surface area contributed by atoms with Crippen molar-refractivity contribution in [3.8, 4) is 12.1 Å². The number of hydrazone groups is 1. The predicted octanol–water partition coefficient (Wildman–Crippen LogP) is 2.61. The van der Waals surface area contributed by atoms with E-state index in [1.54, 1.807) is 12.1 Å². The van der Waals surface area contributed by atoms with Crippen LogP contribution in [-0.4, -0.2) is 36.5 Å². The number of amides is 1. The minimum absolute atomic E-state index is 0.0183. The maximum Gasteiger partial charge on any atom is 0.407 e. The number of anilines is 2. The first-order chi connectivity index (χ1) is 12.3. The summed E-state index contributed by atoms with van der Waals surface area (Å²) in [6, 6.07) is 10.9. The second-order valence-corrected chi connectivity index (χ2v) is 6.89. The van der Waals surface area contributed by atoms with Gasteiger partial charge in [0.1, 0.15) is 17.7 Å². The molecule has 8 nitrogen and oxygen atoms in total. The summed E-state index contributed by atoms with van der Waals surface area (Å²) in [7, 11) is 0. The molecule has 0 bridgehead atoms. The number of para-hydroxylation sites is 2. The third kappa shape index (κ3) is 5.38. The number of hydrogen-bond acceptors (Lipinski definition) is 7. The summed E-state index contributed by atoms with van der Waals surface area (Å²) in [5.74, 6) is 0. The number of nitrogens with zero attached hydrogens (tertiary/aromatic N) is 4. The van der Waals surface area contributed by atoms with Crippen molar-refractivity contribution in [2.75, 3.05) is 23.4 Å². The minimum Gasteiger partial charge on any atom is -0.444 e. The van der Waals surface area contributed by atoms with Crippen molar-refractivity contribution in [1.29, 1.82) is 10.5 Å². The first-order valence-corrected chi connectivity index (χ1v) is 8.30. The number of carbonyl (C=O) groups excluding carboxylic acids is 1. The van der Waals surface area contributed by atoms with E-state index in [9.17, 15) is 4.79 Å². The molecule has 136 valence electrons. The smallest absolute Gasteiger partial charge is 0.407 e. The van der Waals surface area contributed by atoms with Crippen LogP contribution in [0.15, 0.2) is 29.4 Å². The van der Waals surface area contributed by atoms with Crippen molar-refractivity contribution in [2.24, 2.45) is 5.10 Å². The molecule has 1 aliphatic rings. The van der Waals surface area contributed by atoms with Gasteiger partial charge < -0.3 is 15.0 Å². The summed E-state index contributed by atoms with van der Waals surface area (Å²) in [5, 5.41) is 24.2. The Morgan fingerprint density at radius 1 is 1.31 bits per heavy atom. The summed E-state index contributed by atoms with van der Waals surface area (Å²) in [4.78, 5) is 14.0. The third-order valence-corrected chi connectivity index (χ3v) is 3.65. The quantitative estimate of drug-likeness (QED) is 0.634. The van der Waals surface area contributed by atoms with Gasteiger partial charge in [-0.15, -0.1) is 0 Å². The van der Waals surface area contributed by atoms with Gasteiger partial charge in [0.05, 0.1) is 17.4 Å². The third-order valence-electron chi connectivity index (χ3n) is 3.65. The van der Waals surface area contributed by atoms with Gasteiger partial charge in [-0.1, -0.05) is 12.1 Å². The van der Waals surface area contributed by atoms with E-state index in [4.69, 9.17) is 15.3 Å². The lowest BCUT2D eigenvalue weighted by molar-refractivity contribution is 0.0509. The van der Waals surface area contributed by atoms with Crippen molar-refractivity contribution >= 4 is 23.2 Å². The van der Waals surface area contributed by atoms with Gasteiger partial charge >= 0.3 is 6.09 Å². The molecule has 0 aromatic heterocycles. The standard InChI is InChI=1S/C18H22N6O2/c1-18(2,3)26-17(25)21-13-8-9-24(12-13)16-7-5-4-6-15(16)23-22-14(10-19)11-20/h4-7,13,23H,8-9,12H2,1-3H3,(H,21,25). The normalized spacial score (nSPS) is 16.2. The summed E-state index contributed by atoms with van der Waals surface area (Å²) in [5.41, 5.74) is 3.57. The predicted molar refractivity (Wildman–Crippen MR) is 98.7 cm³/mol. The SMILES string of the molecule is CC(C)(C)OC(=O)NC1CCN(c2ccccc2NN=C(C#N)C#N)C1. The van der Waals surface area contributed by atoms with Gasteiger partial charge in [0.25, 0.3) is 0 Å². The van der Waals surface area contributed by atoms with Gasteiger partial charge in [-0.2, -0.15) is 15.6 Å². The number of benzene rings is 1. The number of rotatable bonds is 4. The van der Waals surface area contributed by atoms with E-state index in [0.29, 0.717) is 12.2 Å². The Morgan fingerprint density at radius 2 is 2.00 bits per heavy atom. The molecule has 2 N–H and O–H groups in total. The van der Waals surface area contributed by atoms with Crippen molar-refractivity contribution < 1.29 is 9.53 Å². The molecule has 1 aromatic carbocycles. The Kier molecular flexibility index (Phi) is 6.03. The van der Waals surface area contributed by atoms with Gasteiger partial charge in [0.2, 0.25) is 5.71 Å².